The largest absolute Gasteiger partial charge is 0.246 e. The molecular weight excluding hydrogens is 298 g/mol. The summed E-state index contributed by atoms with van der Waals surface area (Å²) in [5.41, 5.74) is 0. The molecule has 0 aromatic rings. The molecule has 0 radical (unpaired) electrons. The summed E-state index contributed by atoms with van der Waals surface area (Å²) in [4.78, 5) is 0. The van der Waals surface area contributed by atoms with Crippen LogP contribution in [0, 0.1) is 0 Å². The van der Waals surface area contributed by atoms with Crippen LogP contribution in [0.1, 0.15) is 41.5 Å². The lowest BCUT2D eigenvalue weighted by Gasteiger charge is -2.48. The predicted octanol–water partition coefficient (Wildman–Crippen LogP) is 4.71. The highest BCUT2D eigenvalue weighted by atomic mass is 35.7. The van der Waals surface area contributed by atoms with Crippen molar-refractivity contribution >= 4 is 26.8 Å². The van der Waals surface area contributed by atoms with Gasteiger partial charge in [0, 0.05) is 39.3 Å². The average molecular weight is 329 g/mol. The summed E-state index contributed by atoms with van der Waals surface area (Å²) < 4.78 is 12.5. The van der Waals surface area contributed by atoms with E-state index in [1.807, 2.05) is 0 Å². The van der Waals surface area contributed by atoms with Gasteiger partial charge in [-0.2, -0.15) is 0 Å². The van der Waals surface area contributed by atoms with Crippen LogP contribution in [0.4, 0.5) is 0 Å². The van der Waals surface area contributed by atoms with Gasteiger partial charge in [0.2, 0.25) is 0 Å². The molecule has 0 aromatic heterocycles. The third-order valence-electron chi connectivity index (χ3n) is 3.50. The zero-order chi connectivity index (χ0) is 14.9. The van der Waals surface area contributed by atoms with Crippen LogP contribution in [0.2, 0.25) is 0 Å². The fraction of sp³-hybridized carbons (Fsp3) is 1.00. The molecule has 0 amide bonds. The molecular formula is C12H31ClN4P2. The van der Waals surface area contributed by atoms with Crippen LogP contribution in [-0.4, -0.2) is 53.3 Å². The van der Waals surface area contributed by atoms with Gasteiger partial charge in [-0.05, 0) is 0 Å². The molecule has 0 spiro atoms. The Morgan fingerprint density at radius 1 is 0.737 bits per heavy atom. The maximum atomic E-state index is 6.07. The second-order valence-corrected chi connectivity index (χ2v) is 8.38. The van der Waals surface area contributed by atoms with Gasteiger partial charge in [-0.25, -0.2) is 18.5 Å². The summed E-state index contributed by atoms with van der Waals surface area (Å²) in [6.07, 6.45) is 0. The molecule has 0 saturated heterocycles. The number of hydrogen-bond acceptors (Lipinski definition) is 1. The molecule has 0 aliphatic carbocycles. The number of halogens is 1. The zero-order valence-corrected chi connectivity index (χ0v) is 16.0. The van der Waals surface area contributed by atoms with Crippen LogP contribution < -0.4 is 0 Å². The molecule has 0 rings (SSSR count). The number of rotatable bonds is 10. The second-order valence-electron chi connectivity index (χ2n) is 4.14. The van der Waals surface area contributed by atoms with E-state index >= 15 is 0 Å². The van der Waals surface area contributed by atoms with Crippen molar-refractivity contribution in [2.75, 3.05) is 39.3 Å². The van der Waals surface area contributed by atoms with Crippen LogP contribution in [0.15, 0.2) is 4.52 Å². The third kappa shape index (κ3) is 4.40. The zero-order valence-electron chi connectivity index (χ0n) is 13.4. The molecule has 0 aliphatic rings. The van der Waals surface area contributed by atoms with E-state index in [0.717, 1.165) is 39.3 Å². The van der Waals surface area contributed by atoms with Gasteiger partial charge in [-0.3, -0.25) is 0 Å². The highest BCUT2D eigenvalue weighted by molar-refractivity contribution is 7.74. The molecule has 19 heavy (non-hydrogen) atoms. The van der Waals surface area contributed by atoms with E-state index < -0.39 is 7.51 Å². The molecule has 0 aromatic carbocycles. The fourth-order valence-corrected chi connectivity index (χ4v) is 8.77. The van der Waals surface area contributed by atoms with E-state index in [1.165, 1.54) is 0 Å². The van der Waals surface area contributed by atoms with E-state index in [9.17, 15) is 0 Å². The Bertz CT molecular complexity index is 239. The predicted molar refractivity (Wildman–Crippen MR) is 92.3 cm³/mol. The molecule has 1 atom stereocenters. The van der Waals surface area contributed by atoms with Gasteiger partial charge < -0.3 is 0 Å². The van der Waals surface area contributed by atoms with Crippen LogP contribution in [0.5, 0.6) is 0 Å². The van der Waals surface area contributed by atoms with E-state index in [-0.39, 0.29) is 8.08 Å². The Balaban J connectivity index is 5.93. The van der Waals surface area contributed by atoms with Gasteiger partial charge >= 0.3 is 0 Å². The van der Waals surface area contributed by atoms with Crippen molar-refractivity contribution in [1.29, 1.82) is 0 Å². The van der Waals surface area contributed by atoms with Crippen molar-refractivity contribution in [2.45, 2.75) is 41.5 Å². The minimum Gasteiger partial charge on any atom is -0.246 e. The molecule has 0 bridgehead atoms. The van der Waals surface area contributed by atoms with Crippen LogP contribution in [0.25, 0.3) is 0 Å². The first-order valence-corrected chi connectivity index (χ1v) is 10.9. The summed E-state index contributed by atoms with van der Waals surface area (Å²) in [5, 5.41) is 0. The minimum absolute atomic E-state index is 0.127. The highest BCUT2D eigenvalue weighted by Crippen LogP contribution is 2.61. The molecule has 7 heteroatoms. The second kappa shape index (κ2) is 10.5. The lowest BCUT2D eigenvalue weighted by molar-refractivity contribution is 0.341. The third-order valence-corrected chi connectivity index (χ3v) is 9.53. The smallest absolute Gasteiger partial charge is 0.172 e. The van der Waals surface area contributed by atoms with Crippen molar-refractivity contribution in [2.24, 2.45) is 4.52 Å². The Kier molecular flexibility index (Phi) is 11.0. The van der Waals surface area contributed by atoms with Crippen molar-refractivity contribution in [3.63, 3.8) is 0 Å². The standard InChI is InChI=1S/C12H31ClN4P2/c1-7-15(8-2)19(14-18-13,16(9-3)10-4)17(11-5)12-6/h18H,7-12H2,1-6H3. The molecule has 0 saturated carbocycles. The fourth-order valence-electron chi connectivity index (χ4n) is 2.59. The molecule has 0 aliphatic heterocycles. The van der Waals surface area contributed by atoms with E-state index in [1.54, 1.807) is 0 Å². The molecule has 116 valence electrons. The monoisotopic (exact) mass is 328 g/mol. The lowest BCUT2D eigenvalue weighted by Crippen LogP contribution is -2.41. The van der Waals surface area contributed by atoms with Crippen molar-refractivity contribution in [3.8, 4) is 0 Å². The average Bonchev–Trinajstić information content (AvgIpc) is 2.42. The van der Waals surface area contributed by atoms with Crippen molar-refractivity contribution in [3.05, 3.63) is 0 Å². The summed E-state index contributed by atoms with van der Waals surface area (Å²) in [6, 6.07) is 0. The number of nitrogens with zero attached hydrogens (tertiary/aromatic N) is 4. The van der Waals surface area contributed by atoms with Gasteiger partial charge in [0.1, 0.15) is 0 Å². The summed E-state index contributed by atoms with van der Waals surface area (Å²) >= 11 is 6.07. The maximum Gasteiger partial charge on any atom is 0.172 e. The van der Waals surface area contributed by atoms with Gasteiger partial charge in [0.15, 0.2) is 7.51 Å². The molecule has 4 nitrogen and oxygen atoms in total. The van der Waals surface area contributed by atoms with Gasteiger partial charge in [0.05, 0.1) is 8.08 Å². The summed E-state index contributed by atoms with van der Waals surface area (Å²) in [7, 11) is -1.69. The van der Waals surface area contributed by atoms with E-state index in [4.69, 9.17) is 15.8 Å². The van der Waals surface area contributed by atoms with Crippen molar-refractivity contribution in [1.82, 2.24) is 14.0 Å². The molecule has 0 heterocycles. The molecule has 0 N–H and O–H groups in total. The Hall–Kier alpha value is 0.830. The number of hydrogen-bond donors (Lipinski definition) is 0. The first-order valence-electron chi connectivity index (χ1n) is 7.35. The van der Waals surface area contributed by atoms with Gasteiger partial charge in [-0.1, -0.05) is 52.8 Å². The Morgan fingerprint density at radius 3 is 1.16 bits per heavy atom. The summed E-state index contributed by atoms with van der Waals surface area (Å²) in [6.45, 7) is 19.4. The Morgan fingerprint density at radius 2 is 1.00 bits per heavy atom. The SMILES string of the molecule is CCN(CC)P(=NPCl)(N(CC)CC)N(CC)CC. The minimum atomic E-state index is -1.82. The molecule has 0 fully saturated rings. The molecule has 1 unspecified atom stereocenters. The highest BCUT2D eigenvalue weighted by Gasteiger charge is 2.36. The van der Waals surface area contributed by atoms with Crippen LogP contribution in [-0.2, 0) is 0 Å². The van der Waals surface area contributed by atoms with Crippen LogP contribution >= 0.6 is 26.8 Å². The quantitative estimate of drug-likeness (QED) is 0.542. The first-order chi connectivity index (χ1) is 9.12. The lowest BCUT2D eigenvalue weighted by atomic mass is 10.7. The first kappa shape index (κ1) is 19.8. The normalized spacial score (nSPS) is 13.4. The van der Waals surface area contributed by atoms with E-state index in [0.29, 0.717) is 0 Å². The topological polar surface area (TPSA) is 22.1 Å². The van der Waals surface area contributed by atoms with Gasteiger partial charge in [0.25, 0.3) is 0 Å². The van der Waals surface area contributed by atoms with Crippen LogP contribution in [0.3, 0.4) is 0 Å². The van der Waals surface area contributed by atoms with Gasteiger partial charge in [-0.15, -0.1) is 0 Å². The van der Waals surface area contributed by atoms with E-state index in [2.05, 4.69) is 55.6 Å². The van der Waals surface area contributed by atoms with Crippen molar-refractivity contribution < 1.29 is 0 Å². The summed E-state index contributed by atoms with van der Waals surface area (Å²) in [5.74, 6) is 0. The Labute approximate surface area is 126 Å². The maximum absolute atomic E-state index is 6.07.